The molecule has 0 saturated heterocycles. The van der Waals surface area contributed by atoms with Crippen LogP contribution in [0.1, 0.15) is 12.5 Å². The van der Waals surface area contributed by atoms with E-state index in [4.69, 9.17) is 0 Å². The first-order valence-corrected chi connectivity index (χ1v) is 5.00. The van der Waals surface area contributed by atoms with Crippen LogP contribution in [0, 0.1) is 5.82 Å². The Morgan fingerprint density at radius 3 is 2.53 bits per heavy atom. The van der Waals surface area contributed by atoms with E-state index in [-0.39, 0.29) is 5.82 Å². The summed E-state index contributed by atoms with van der Waals surface area (Å²) < 4.78 is 13.2. The van der Waals surface area contributed by atoms with Crippen molar-refractivity contribution >= 4 is 0 Å². The molecule has 15 heavy (non-hydrogen) atoms. The quantitative estimate of drug-likeness (QED) is 0.725. The Morgan fingerprint density at radius 2 is 1.87 bits per heavy atom. The largest absolute Gasteiger partial charge is 0.265 e. The summed E-state index contributed by atoms with van der Waals surface area (Å²) in [6.07, 6.45) is 4.34. The third-order valence-electron chi connectivity index (χ3n) is 2.44. The van der Waals surface area contributed by atoms with Crippen molar-refractivity contribution in [2.24, 2.45) is 0 Å². The molecule has 1 heterocycles. The van der Waals surface area contributed by atoms with Crippen LogP contribution in [0.2, 0.25) is 0 Å². The second-order valence-corrected chi connectivity index (χ2v) is 3.39. The summed E-state index contributed by atoms with van der Waals surface area (Å²) in [5.41, 5.74) is 3.13. The van der Waals surface area contributed by atoms with Gasteiger partial charge in [-0.3, -0.25) is 4.98 Å². The van der Waals surface area contributed by atoms with Gasteiger partial charge in [-0.1, -0.05) is 13.0 Å². The van der Waals surface area contributed by atoms with Crippen LogP contribution in [0.25, 0.3) is 11.1 Å². The zero-order chi connectivity index (χ0) is 10.7. The number of nitrogens with zero attached hydrogens (tertiary/aromatic N) is 1. The molecule has 0 fully saturated rings. The molecule has 76 valence electrons. The highest BCUT2D eigenvalue weighted by molar-refractivity contribution is 5.66. The van der Waals surface area contributed by atoms with Gasteiger partial charge in [-0.15, -0.1) is 0 Å². The lowest BCUT2D eigenvalue weighted by Gasteiger charge is -2.07. The molecule has 0 N–H and O–H groups in total. The van der Waals surface area contributed by atoms with E-state index < -0.39 is 0 Å². The normalized spacial score (nSPS) is 10.3. The van der Waals surface area contributed by atoms with Crippen LogP contribution in [0.5, 0.6) is 0 Å². The molecular formula is C13H12FN. The Labute approximate surface area is 88.6 Å². The summed E-state index contributed by atoms with van der Waals surface area (Å²) in [7, 11) is 0. The molecule has 0 saturated carbocycles. The SMILES string of the molecule is CCc1ccc(F)cc1-c1ccncc1. The molecule has 2 rings (SSSR count). The van der Waals surface area contributed by atoms with Crippen molar-refractivity contribution in [3.05, 3.63) is 54.1 Å². The Hall–Kier alpha value is -1.70. The van der Waals surface area contributed by atoms with Gasteiger partial charge in [-0.05, 0) is 47.4 Å². The van der Waals surface area contributed by atoms with Gasteiger partial charge in [0, 0.05) is 12.4 Å². The Morgan fingerprint density at radius 1 is 1.13 bits per heavy atom. The Balaban J connectivity index is 2.56. The van der Waals surface area contributed by atoms with Crippen LogP contribution in [0.15, 0.2) is 42.7 Å². The third kappa shape index (κ3) is 2.04. The number of rotatable bonds is 2. The molecule has 1 aromatic heterocycles. The number of hydrogen-bond donors (Lipinski definition) is 0. The fourth-order valence-corrected chi connectivity index (χ4v) is 1.66. The Kier molecular flexibility index (Phi) is 2.77. The molecule has 0 spiro atoms. The predicted molar refractivity (Wildman–Crippen MR) is 59.0 cm³/mol. The van der Waals surface area contributed by atoms with E-state index in [1.165, 1.54) is 6.07 Å². The summed E-state index contributed by atoms with van der Waals surface area (Å²) in [6, 6.07) is 8.71. The van der Waals surface area contributed by atoms with Gasteiger partial charge >= 0.3 is 0 Å². The average molecular weight is 201 g/mol. The fourth-order valence-electron chi connectivity index (χ4n) is 1.66. The van der Waals surface area contributed by atoms with Gasteiger partial charge in [0.05, 0.1) is 0 Å². The van der Waals surface area contributed by atoms with Crippen molar-refractivity contribution in [2.75, 3.05) is 0 Å². The van der Waals surface area contributed by atoms with Crippen LogP contribution < -0.4 is 0 Å². The van der Waals surface area contributed by atoms with E-state index in [0.717, 1.165) is 23.1 Å². The minimum absolute atomic E-state index is 0.195. The van der Waals surface area contributed by atoms with E-state index in [1.54, 1.807) is 18.5 Å². The summed E-state index contributed by atoms with van der Waals surface area (Å²) in [4.78, 5) is 3.96. The van der Waals surface area contributed by atoms with Gasteiger partial charge in [0.1, 0.15) is 5.82 Å². The summed E-state index contributed by atoms with van der Waals surface area (Å²) in [5, 5.41) is 0. The zero-order valence-corrected chi connectivity index (χ0v) is 8.57. The van der Waals surface area contributed by atoms with Crippen molar-refractivity contribution < 1.29 is 4.39 Å². The van der Waals surface area contributed by atoms with Crippen molar-refractivity contribution in [3.63, 3.8) is 0 Å². The second-order valence-electron chi connectivity index (χ2n) is 3.39. The van der Waals surface area contributed by atoms with E-state index in [2.05, 4.69) is 11.9 Å². The highest BCUT2D eigenvalue weighted by Crippen LogP contribution is 2.24. The van der Waals surface area contributed by atoms with Crippen LogP contribution in [-0.2, 0) is 6.42 Å². The maximum absolute atomic E-state index is 13.2. The van der Waals surface area contributed by atoms with Crippen LogP contribution in [0.4, 0.5) is 4.39 Å². The molecule has 0 bridgehead atoms. The van der Waals surface area contributed by atoms with Gasteiger partial charge in [0.2, 0.25) is 0 Å². The number of benzene rings is 1. The van der Waals surface area contributed by atoms with Crippen molar-refractivity contribution in [1.29, 1.82) is 0 Å². The van der Waals surface area contributed by atoms with Crippen molar-refractivity contribution in [3.8, 4) is 11.1 Å². The number of aryl methyl sites for hydroxylation is 1. The number of aromatic nitrogens is 1. The van der Waals surface area contributed by atoms with Crippen molar-refractivity contribution in [2.45, 2.75) is 13.3 Å². The molecule has 0 aliphatic carbocycles. The lowest BCUT2D eigenvalue weighted by molar-refractivity contribution is 0.627. The first-order chi connectivity index (χ1) is 7.31. The predicted octanol–water partition coefficient (Wildman–Crippen LogP) is 3.45. The minimum Gasteiger partial charge on any atom is -0.265 e. The smallest absolute Gasteiger partial charge is 0.123 e. The number of pyridine rings is 1. The fraction of sp³-hybridized carbons (Fsp3) is 0.154. The third-order valence-corrected chi connectivity index (χ3v) is 2.44. The highest BCUT2D eigenvalue weighted by atomic mass is 19.1. The van der Waals surface area contributed by atoms with Gasteiger partial charge in [-0.25, -0.2) is 4.39 Å². The maximum atomic E-state index is 13.2. The molecule has 0 aliphatic rings. The highest BCUT2D eigenvalue weighted by Gasteiger charge is 2.04. The van der Waals surface area contributed by atoms with Gasteiger partial charge in [0.15, 0.2) is 0 Å². The summed E-state index contributed by atoms with van der Waals surface area (Å²) in [5.74, 6) is -0.195. The van der Waals surface area contributed by atoms with Crippen LogP contribution in [0.3, 0.4) is 0 Å². The molecule has 0 unspecified atom stereocenters. The molecule has 0 radical (unpaired) electrons. The first kappa shape index (κ1) is 9.84. The lowest BCUT2D eigenvalue weighted by atomic mass is 9.99. The lowest BCUT2D eigenvalue weighted by Crippen LogP contribution is -1.89. The summed E-state index contributed by atoms with van der Waals surface area (Å²) in [6.45, 7) is 2.07. The number of halogens is 1. The topological polar surface area (TPSA) is 12.9 Å². The molecular weight excluding hydrogens is 189 g/mol. The Bertz CT molecular complexity index is 451. The number of hydrogen-bond acceptors (Lipinski definition) is 1. The van der Waals surface area contributed by atoms with E-state index in [1.807, 2.05) is 18.2 Å². The monoisotopic (exact) mass is 201 g/mol. The maximum Gasteiger partial charge on any atom is 0.123 e. The molecule has 0 aliphatic heterocycles. The molecule has 1 nitrogen and oxygen atoms in total. The van der Waals surface area contributed by atoms with E-state index in [9.17, 15) is 4.39 Å². The van der Waals surface area contributed by atoms with Gasteiger partial charge in [-0.2, -0.15) is 0 Å². The van der Waals surface area contributed by atoms with Crippen LogP contribution >= 0.6 is 0 Å². The molecule has 2 heteroatoms. The van der Waals surface area contributed by atoms with Gasteiger partial charge in [0.25, 0.3) is 0 Å². The molecule has 1 aromatic carbocycles. The summed E-state index contributed by atoms with van der Waals surface area (Å²) >= 11 is 0. The molecule has 0 atom stereocenters. The van der Waals surface area contributed by atoms with E-state index in [0.29, 0.717) is 0 Å². The molecule has 0 amide bonds. The first-order valence-electron chi connectivity index (χ1n) is 5.00. The second kappa shape index (κ2) is 4.22. The van der Waals surface area contributed by atoms with Crippen molar-refractivity contribution in [1.82, 2.24) is 4.98 Å². The zero-order valence-electron chi connectivity index (χ0n) is 8.57. The standard InChI is InChI=1S/C13H12FN/c1-2-10-3-4-12(14)9-13(10)11-5-7-15-8-6-11/h3-9H,2H2,1H3. The minimum atomic E-state index is -0.195. The van der Waals surface area contributed by atoms with Gasteiger partial charge < -0.3 is 0 Å². The van der Waals surface area contributed by atoms with Crippen LogP contribution in [-0.4, -0.2) is 4.98 Å². The van der Waals surface area contributed by atoms with E-state index >= 15 is 0 Å². The molecule has 2 aromatic rings. The average Bonchev–Trinajstić information content (AvgIpc) is 2.30.